The molecule has 2 aliphatic carbocycles. The van der Waals surface area contributed by atoms with Crippen molar-refractivity contribution in [2.75, 3.05) is 0 Å². The highest BCUT2D eigenvalue weighted by Crippen LogP contribution is 2.44. The summed E-state index contributed by atoms with van der Waals surface area (Å²) in [7, 11) is 0. The largest absolute Gasteiger partial charge is 0.352 e. The minimum Gasteiger partial charge on any atom is -0.352 e. The summed E-state index contributed by atoms with van der Waals surface area (Å²) >= 11 is 0. The minimum absolute atomic E-state index is 0. The van der Waals surface area contributed by atoms with Crippen LogP contribution in [0.4, 0.5) is 4.79 Å². The summed E-state index contributed by atoms with van der Waals surface area (Å²) in [6.45, 7) is 0. The standard InChI is InChI=1S/C8H14N2O.ClH/c9-8(11)10-7-4-5-1-2-6(7)3-5;/h5-7H,1-4H2,(H3,9,10,11);1H. The second-order valence-corrected chi connectivity index (χ2v) is 3.79. The lowest BCUT2D eigenvalue weighted by Crippen LogP contribution is -2.41. The van der Waals surface area contributed by atoms with Crippen LogP contribution in [0.25, 0.3) is 0 Å². The number of primary amides is 1. The molecule has 2 saturated carbocycles. The molecule has 0 saturated heterocycles. The molecule has 4 heteroatoms. The number of halogens is 1. The van der Waals surface area contributed by atoms with Crippen molar-refractivity contribution in [3.8, 4) is 0 Å². The van der Waals surface area contributed by atoms with Crippen LogP contribution in [-0.2, 0) is 0 Å². The Morgan fingerprint density at radius 3 is 2.50 bits per heavy atom. The molecule has 12 heavy (non-hydrogen) atoms. The summed E-state index contributed by atoms with van der Waals surface area (Å²) in [5, 5.41) is 2.81. The summed E-state index contributed by atoms with van der Waals surface area (Å²) in [6.07, 6.45) is 5.12. The first-order chi connectivity index (χ1) is 5.25. The molecule has 3 atom stereocenters. The summed E-state index contributed by atoms with van der Waals surface area (Å²) in [5.41, 5.74) is 5.05. The maximum absolute atomic E-state index is 10.5. The molecule has 0 spiro atoms. The molecule has 3 nitrogen and oxygen atoms in total. The molecule has 0 aromatic carbocycles. The predicted molar refractivity (Wildman–Crippen MR) is 49.2 cm³/mol. The van der Waals surface area contributed by atoms with Gasteiger partial charge in [-0.2, -0.15) is 0 Å². The van der Waals surface area contributed by atoms with E-state index in [4.69, 9.17) is 5.73 Å². The molecule has 0 heterocycles. The molecule has 3 unspecified atom stereocenters. The second-order valence-electron chi connectivity index (χ2n) is 3.79. The first-order valence-corrected chi connectivity index (χ1v) is 4.31. The van der Waals surface area contributed by atoms with Crippen LogP contribution in [0.2, 0.25) is 0 Å². The van der Waals surface area contributed by atoms with E-state index in [0.29, 0.717) is 6.04 Å². The van der Waals surface area contributed by atoms with Gasteiger partial charge in [-0.15, -0.1) is 12.4 Å². The van der Waals surface area contributed by atoms with E-state index < -0.39 is 0 Å². The van der Waals surface area contributed by atoms with Crippen molar-refractivity contribution >= 4 is 18.4 Å². The lowest BCUT2D eigenvalue weighted by molar-refractivity contribution is 0.239. The number of amides is 2. The van der Waals surface area contributed by atoms with Crippen LogP contribution in [0, 0.1) is 11.8 Å². The zero-order valence-electron chi connectivity index (χ0n) is 6.95. The van der Waals surface area contributed by atoms with Gasteiger partial charge in [0.2, 0.25) is 0 Å². The lowest BCUT2D eigenvalue weighted by atomic mass is 9.96. The van der Waals surface area contributed by atoms with Gasteiger partial charge in [0.15, 0.2) is 0 Å². The zero-order valence-corrected chi connectivity index (χ0v) is 7.77. The molecular formula is C8H15ClN2O. The van der Waals surface area contributed by atoms with Crippen molar-refractivity contribution in [3.05, 3.63) is 0 Å². The molecule has 2 aliphatic rings. The van der Waals surface area contributed by atoms with Crippen LogP contribution in [-0.4, -0.2) is 12.1 Å². The molecule has 2 fully saturated rings. The van der Waals surface area contributed by atoms with Gasteiger partial charge in [-0.3, -0.25) is 0 Å². The maximum atomic E-state index is 10.5. The monoisotopic (exact) mass is 190 g/mol. The van der Waals surface area contributed by atoms with E-state index in [2.05, 4.69) is 5.32 Å². The third kappa shape index (κ3) is 1.66. The van der Waals surface area contributed by atoms with Gasteiger partial charge in [0.1, 0.15) is 0 Å². The number of nitrogens with one attached hydrogen (secondary N) is 1. The molecule has 0 aromatic rings. The van der Waals surface area contributed by atoms with Crippen molar-refractivity contribution in [1.82, 2.24) is 5.32 Å². The Labute approximate surface area is 78.5 Å². The number of nitrogens with two attached hydrogens (primary N) is 1. The summed E-state index contributed by atoms with van der Waals surface area (Å²) in [4.78, 5) is 10.5. The van der Waals surface area contributed by atoms with Crippen molar-refractivity contribution in [2.24, 2.45) is 17.6 Å². The number of rotatable bonds is 1. The number of urea groups is 1. The van der Waals surface area contributed by atoms with Crippen molar-refractivity contribution in [1.29, 1.82) is 0 Å². The third-order valence-electron chi connectivity index (χ3n) is 3.07. The number of carbonyl (C=O) groups is 1. The second kappa shape index (κ2) is 3.52. The van der Waals surface area contributed by atoms with E-state index in [9.17, 15) is 4.79 Å². The van der Waals surface area contributed by atoms with E-state index in [0.717, 1.165) is 18.3 Å². The van der Waals surface area contributed by atoms with E-state index >= 15 is 0 Å². The van der Waals surface area contributed by atoms with E-state index in [1.54, 1.807) is 0 Å². The van der Waals surface area contributed by atoms with Gasteiger partial charge in [0.05, 0.1) is 0 Å². The molecule has 0 radical (unpaired) electrons. The van der Waals surface area contributed by atoms with Gasteiger partial charge in [-0.05, 0) is 31.1 Å². The van der Waals surface area contributed by atoms with Gasteiger partial charge in [-0.1, -0.05) is 6.42 Å². The van der Waals surface area contributed by atoms with Gasteiger partial charge >= 0.3 is 6.03 Å². The quantitative estimate of drug-likeness (QED) is 0.643. The molecule has 70 valence electrons. The maximum Gasteiger partial charge on any atom is 0.312 e. The highest BCUT2D eigenvalue weighted by Gasteiger charge is 2.39. The highest BCUT2D eigenvalue weighted by molar-refractivity contribution is 5.85. The Bertz CT molecular complexity index is 186. The van der Waals surface area contributed by atoms with Crippen molar-refractivity contribution < 1.29 is 4.79 Å². The van der Waals surface area contributed by atoms with Crippen LogP contribution in [0.5, 0.6) is 0 Å². The molecule has 2 rings (SSSR count). The number of hydrogen-bond acceptors (Lipinski definition) is 1. The van der Waals surface area contributed by atoms with Crippen LogP contribution in [0.3, 0.4) is 0 Å². The first-order valence-electron chi connectivity index (χ1n) is 4.31. The van der Waals surface area contributed by atoms with Gasteiger partial charge in [-0.25, -0.2) is 4.79 Å². The molecule has 3 N–H and O–H groups in total. The Morgan fingerprint density at radius 1 is 1.33 bits per heavy atom. The fourth-order valence-electron chi connectivity index (χ4n) is 2.60. The van der Waals surface area contributed by atoms with Gasteiger partial charge in [0, 0.05) is 6.04 Å². The van der Waals surface area contributed by atoms with E-state index in [1.165, 1.54) is 19.3 Å². The highest BCUT2D eigenvalue weighted by atomic mass is 35.5. The van der Waals surface area contributed by atoms with E-state index in [-0.39, 0.29) is 18.4 Å². The number of hydrogen-bond donors (Lipinski definition) is 2. The Hall–Kier alpha value is -0.440. The number of fused-ring (bicyclic) bond motifs is 2. The Balaban J connectivity index is 0.000000720. The topological polar surface area (TPSA) is 55.1 Å². The van der Waals surface area contributed by atoms with Crippen LogP contribution >= 0.6 is 12.4 Å². The number of carbonyl (C=O) groups excluding carboxylic acids is 1. The molecule has 2 amide bonds. The molecular weight excluding hydrogens is 176 g/mol. The fourth-order valence-corrected chi connectivity index (χ4v) is 2.60. The van der Waals surface area contributed by atoms with Crippen LogP contribution in [0.15, 0.2) is 0 Å². The summed E-state index contributed by atoms with van der Waals surface area (Å²) < 4.78 is 0. The predicted octanol–water partition coefficient (Wildman–Crippen LogP) is 1.27. The first kappa shape index (κ1) is 9.65. The van der Waals surface area contributed by atoms with Crippen molar-refractivity contribution in [3.63, 3.8) is 0 Å². The normalized spacial score (nSPS) is 37.5. The SMILES string of the molecule is Cl.NC(=O)NC1CC2CCC1C2. The van der Waals surface area contributed by atoms with Gasteiger partial charge in [0.25, 0.3) is 0 Å². The summed E-state index contributed by atoms with van der Waals surface area (Å²) in [6, 6.07) is 0.0359. The molecule has 2 bridgehead atoms. The van der Waals surface area contributed by atoms with E-state index in [1.807, 2.05) is 0 Å². The van der Waals surface area contributed by atoms with Crippen LogP contribution < -0.4 is 11.1 Å². The average Bonchev–Trinajstić information content (AvgIpc) is 2.45. The Kier molecular flexibility index (Phi) is 2.83. The summed E-state index contributed by atoms with van der Waals surface area (Å²) in [5.74, 6) is 1.60. The Morgan fingerprint density at radius 2 is 2.08 bits per heavy atom. The smallest absolute Gasteiger partial charge is 0.312 e. The van der Waals surface area contributed by atoms with Crippen molar-refractivity contribution in [2.45, 2.75) is 31.7 Å². The molecule has 0 aromatic heterocycles. The molecule has 0 aliphatic heterocycles. The van der Waals surface area contributed by atoms with Gasteiger partial charge < -0.3 is 11.1 Å². The lowest BCUT2D eigenvalue weighted by Gasteiger charge is -2.21. The minimum atomic E-state index is -0.359. The zero-order chi connectivity index (χ0) is 7.84. The van der Waals surface area contributed by atoms with Crippen LogP contribution in [0.1, 0.15) is 25.7 Å². The fraction of sp³-hybridized carbons (Fsp3) is 0.875. The third-order valence-corrected chi connectivity index (χ3v) is 3.07. The average molecular weight is 191 g/mol.